The fourth-order valence-electron chi connectivity index (χ4n) is 3.19. The van der Waals surface area contributed by atoms with Gasteiger partial charge < -0.3 is 10.1 Å². The van der Waals surface area contributed by atoms with Crippen LogP contribution in [0.4, 0.5) is 0 Å². The zero-order valence-electron chi connectivity index (χ0n) is 17.4. The lowest BCUT2D eigenvalue weighted by Gasteiger charge is -2.10. The van der Waals surface area contributed by atoms with Gasteiger partial charge in [-0.05, 0) is 41.8 Å². The van der Waals surface area contributed by atoms with E-state index in [0.717, 1.165) is 28.1 Å². The lowest BCUT2D eigenvalue weighted by atomic mass is 10.1. The molecule has 4 aromatic rings. The van der Waals surface area contributed by atoms with Gasteiger partial charge in [0, 0.05) is 25.0 Å². The number of rotatable bonds is 8. The van der Waals surface area contributed by atoms with Crippen molar-refractivity contribution in [2.45, 2.75) is 26.5 Å². The molecule has 0 fully saturated rings. The minimum atomic E-state index is -0.0184. The molecule has 156 valence electrons. The van der Waals surface area contributed by atoms with E-state index < -0.39 is 0 Å². The SMILES string of the molecule is Cc1cc(OCc2ccc(CC(=O)NCc3cccnc3)cc2)n(-c2ccccc2)n1. The number of pyridine rings is 1. The van der Waals surface area contributed by atoms with E-state index in [4.69, 9.17) is 4.74 Å². The van der Waals surface area contributed by atoms with Gasteiger partial charge in [0.15, 0.2) is 0 Å². The fraction of sp³-hybridized carbons (Fsp3) is 0.160. The Morgan fingerprint density at radius 3 is 2.48 bits per heavy atom. The number of ether oxygens (including phenoxy) is 1. The van der Waals surface area contributed by atoms with Crippen LogP contribution in [0.15, 0.2) is 85.2 Å². The van der Waals surface area contributed by atoms with Gasteiger partial charge in [0.1, 0.15) is 6.61 Å². The zero-order valence-corrected chi connectivity index (χ0v) is 17.4. The topological polar surface area (TPSA) is 69.0 Å². The molecule has 0 atom stereocenters. The molecule has 0 aliphatic carbocycles. The van der Waals surface area contributed by atoms with Crippen LogP contribution in [0.5, 0.6) is 5.88 Å². The number of amides is 1. The number of hydrogen-bond acceptors (Lipinski definition) is 4. The number of aryl methyl sites for hydroxylation is 1. The Hall–Kier alpha value is -3.93. The number of carbonyl (C=O) groups is 1. The molecule has 1 N–H and O–H groups in total. The third kappa shape index (κ3) is 5.57. The van der Waals surface area contributed by atoms with Crippen LogP contribution in [0.2, 0.25) is 0 Å². The molecular formula is C25H24N4O2. The number of nitrogens with one attached hydrogen (secondary N) is 1. The highest BCUT2D eigenvalue weighted by atomic mass is 16.5. The minimum absolute atomic E-state index is 0.0184. The van der Waals surface area contributed by atoms with Crippen LogP contribution in [0.3, 0.4) is 0 Å². The van der Waals surface area contributed by atoms with Crippen LogP contribution in [-0.4, -0.2) is 20.7 Å². The Morgan fingerprint density at radius 1 is 0.968 bits per heavy atom. The highest BCUT2D eigenvalue weighted by Gasteiger charge is 2.09. The molecule has 31 heavy (non-hydrogen) atoms. The van der Waals surface area contributed by atoms with E-state index in [1.54, 1.807) is 17.1 Å². The summed E-state index contributed by atoms with van der Waals surface area (Å²) in [6.45, 7) is 2.85. The molecule has 0 saturated carbocycles. The number of hydrogen-bond donors (Lipinski definition) is 1. The summed E-state index contributed by atoms with van der Waals surface area (Å²) < 4.78 is 7.82. The summed E-state index contributed by atoms with van der Waals surface area (Å²) in [5.74, 6) is 0.678. The normalized spacial score (nSPS) is 10.6. The van der Waals surface area contributed by atoms with Gasteiger partial charge in [-0.25, -0.2) is 4.68 Å². The molecule has 0 saturated heterocycles. The van der Waals surface area contributed by atoms with E-state index in [1.165, 1.54) is 0 Å². The molecule has 2 aromatic heterocycles. The first-order valence-electron chi connectivity index (χ1n) is 10.2. The molecule has 0 radical (unpaired) electrons. The van der Waals surface area contributed by atoms with Crippen molar-refractivity contribution in [1.29, 1.82) is 0 Å². The van der Waals surface area contributed by atoms with Crippen molar-refractivity contribution in [2.75, 3.05) is 0 Å². The second-order valence-electron chi connectivity index (χ2n) is 7.29. The Kier molecular flexibility index (Phi) is 6.38. The van der Waals surface area contributed by atoms with E-state index in [1.807, 2.05) is 79.7 Å². The first-order valence-corrected chi connectivity index (χ1v) is 10.2. The maximum atomic E-state index is 12.2. The largest absolute Gasteiger partial charge is 0.473 e. The molecule has 0 aliphatic rings. The van der Waals surface area contributed by atoms with Gasteiger partial charge in [0.2, 0.25) is 11.8 Å². The van der Waals surface area contributed by atoms with Gasteiger partial charge in [0.05, 0.1) is 17.8 Å². The Bertz CT molecular complexity index is 1120. The highest BCUT2D eigenvalue weighted by molar-refractivity contribution is 5.78. The predicted molar refractivity (Wildman–Crippen MR) is 119 cm³/mol. The quantitative estimate of drug-likeness (QED) is 0.475. The third-order valence-electron chi connectivity index (χ3n) is 4.79. The summed E-state index contributed by atoms with van der Waals surface area (Å²) >= 11 is 0. The molecule has 6 heteroatoms. The molecule has 4 rings (SSSR count). The van der Waals surface area contributed by atoms with Gasteiger partial charge in [-0.1, -0.05) is 48.5 Å². The lowest BCUT2D eigenvalue weighted by molar-refractivity contribution is -0.120. The Morgan fingerprint density at radius 2 is 1.74 bits per heavy atom. The minimum Gasteiger partial charge on any atom is -0.473 e. The maximum Gasteiger partial charge on any atom is 0.224 e. The lowest BCUT2D eigenvalue weighted by Crippen LogP contribution is -2.24. The molecule has 0 aliphatic heterocycles. The maximum absolute atomic E-state index is 12.2. The van der Waals surface area contributed by atoms with E-state index in [0.29, 0.717) is 25.5 Å². The van der Waals surface area contributed by atoms with Crippen LogP contribution in [0, 0.1) is 6.92 Å². The van der Waals surface area contributed by atoms with Gasteiger partial charge in [-0.2, -0.15) is 5.10 Å². The van der Waals surface area contributed by atoms with Crippen LogP contribution >= 0.6 is 0 Å². The van der Waals surface area contributed by atoms with Crippen LogP contribution in [0.25, 0.3) is 5.69 Å². The zero-order chi connectivity index (χ0) is 21.5. The van der Waals surface area contributed by atoms with Crippen molar-refractivity contribution >= 4 is 5.91 Å². The van der Waals surface area contributed by atoms with Crippen molar-refractivity contribution in [3.05, 3.63) is 108 Å². The summed E-state index contributed by atoms with van der Waals surface area (Å²) in [6, 6.07) is 23.5. The van der Waals surface area contributed by atoms with Crippen molar-refractivity contribution in [2.24, 2.45) is 0 Å². The van der Waals surface area contributed by atoms with Gasteiger partial charge in [-0.15, -0.1) is 0 Å². The van der Waals surface area contributed by atoms with Crippen molar-refractivity contribution < 1.29 is 9.53 Å². The standard InChI is InChI=1S/C25H24N4O2/c1-19-14-25(29(28-19)23-7-3-2-4-8-23)31-18-21-11-9-20(10-12-21)15-24(30)27-17-22-6-5-13-26-16-22/h2-14,16H,15,17-18H2,1H3,(H,27,30). The molecule has 2 heterocycles. The first-order chi connectivity index (χ1) is 15.2. The molecule has 1 amide bonds. The van der Waals surface area contributed by atoms with Gasteiger partial charge in [0.25, 0.3) is 0 Å². The summed E-state index contributed by atoms with van der Waals surface area (Å²) in [5, 5.41) is 7.44. The molecule has 0 bridgehead atoms. The van der Waals surface area contributed by atoms with Crippen molar-refractivity contribution in [3.63, 3.8) is 0 Å². The summed E-state index contributed by atoms with van der Waals surface area (Å²) in [4.78, 5) is 16.2. The molecule has 2 aromatic carbocycles. The number of carbonyl (C=O) groups excluding carboxylic acids is 1. The molecular weight excluding hydrogens is 388 g/mol. The van der Waals surface area contributed by atoms with Crippen LogP contribution in [0.1, 0.15) is 22.4 Å². The van der Waals surface area contributed by atoms with E-state index in [-0.39, 0.29) is 5.91 Å². The second kappa shape index (κ2) is 9.71. The summed E-state index contributed by atoms with van der Waals surface area (Å²) in [7, 11) is 0. The number of para-hydroxylation sites is 1. The average molecular weight is 412 g/mol. The average Bonchev–Trinajstić information content (AvgIpc) is 3.19. The summed E-state index contributed by atoms with van der Waals surface area (Å²) in [5.41, 5.74) is 4.81. The Labute approximate surface area is 181 Å². The van der Waals surface area contributed by atoms with E-state index >= 15 is 0 Å². The molecule has 0 unspecified atom stereocenters. The smallest absolute Gasteiger partial charge is 0.224 e. The van der Waals surface area contributed by atoms with Crippen LogP contribution in [-0.2, 0) is 24.4 Å². The Balaban J connectivity index is 1.32. The fourth-order valence-corrected chi connectivity index (χ4v) is 3.19. The third-order valence-corrected chi connectivity index (χ3v) is 4.79. The first kappa shape index (κ1) is 20.3. The highest BCUT2D eigenvalue weighted by Crippen LogP contribution is 2.20. The molecule has 6 nitrogen and oxygen atoms in total. The summed E-state index contributed by atoms with van der Waals surface area (Å²) in [6.07, 6.45) is 3.80. The van der Waals surface area contributed by atoms with E-state index in [2.05, 4.69) is 15.4 Å². The van der Waals surface area contributed by atoms with Crippen molar-refractivity contribution in [1.82, 2.24) is 20.1 Å². The predicted octanol–water partition coefficient (Wildman–Crippen LogP) is 4.01. The molecule has 0 spiro atoms. The van der Waals surface area contributed by atoms with Gasteiger partial charge in [-0.3, -0.25) is 9.78 Å². The second-order valence-corrected chi connectivity index (χ2v) is 7.29. The number of nitrogens with zero attached hydrogens (tertiary/aromatic N) is 3. The van der Waals surface area contributed by atoms with E-state index in [9.17, 15) is 4.79 Å². The number of aromatic nitrogens is 3. The van der Waals surface area contributed by atoms with Crippen LogP contribution < -0.4 is 10.1 Å². The number of benzene rings is 2. The van der Waals surface area contributed by atoms with Gasteiger partial charge >= 0.3 is 0 Å². The van der Waals surface area contributed by atoms with Crippen molar-refractivity contribution in [3.8, 4) is 11.6 Å². The monoisotopic (exact) mass is 412 g/mol.